The monoisotopic (exact) mass is 481 g/mol. The summed E-state index contributed by atoms with van der Waals surface area (Å²) in [4.78, 5) is 21.3. The van der Waals surface area contributed by atoms with Crippen LogP contribution in [0.15, 0.2) is 30.3 Å². The van der Waals surface area contributed by atoms with Crippen LogP contribution in [0.1, 0.15) is 35.4 Å². The lowest BCUT2D eigenvalue weighted by Gasteiger charge is -2.32. The molecule has 0 atom stereocenters. The number of H-pyrrole nitrogens is 1. The first-order valence-corrected chi connectivity index (χ1v) is 13.3. The van der Waals surface area contributed by atoms with Gasteiger partial charge >= 0.3 is 0 Å². The number of piperidine rings is 1. The molecule has 4 heterocycles. The second-order valence-electron chi connectivity index (χ2n) is 9.68. The molecule has 0 unspecified atom stereocenters. The van der Waals surface area contributed by atoms with Crippen LogP contribution in [0.2, 0.25) is 0 Å². The van der Waals surface area contributed by atoms with Crippen LogP contribution in [0.25, 0.3) is 21.3 Å². The van der Waals surface area contributed by atoms with E-state index in [1.807, 2.05) is 32.3 Å². The quantitative estimate of drug-likeness (QED) is 0.486. The van der Waals surface area contributed by atoms with Gasteiger partial charge in [-0.05, 0) is 50.3 Å². The molecule has 8 heteroatoms. The molecule has 2 fully saturated rings. The van der Waals surface area contributed by atoms with Gasteiger partial charge in [-0.3, -0.25) is 9.89 Å². The molecule has 182 valence electrons. The number of benzene rings is 1. The molecule has 0 radical (unpaired) electrons. The number of carbonyl (C=O) groups excluding carboxylic acids is 1. The zero-order chi connectivity index (χ0) is 23.5. The van der Waals surface area contributed by atoms with Crippen LogP contribution in [-0.4, -0.2) is 85.9 Å². The van der Waals surface area contributed by atoms with E-state index < -0.39 is 0 Å². The van der Waals surface area contributed by atoms with Crippen molar-refractivity contribution in [3.8, 4) is 11.1 Å². The molecule has 7 nitrogen and oxygen atoms in total. The molecule has 5 rings (SSSR count). The first-order valence-electron chi connectivity index (χ1n) is 12.4. The van der Waals surface area contributed by atoms with Crippen LogP contribution in [-0.2, 0) is 4.74 Å². The number of hydrogen-bond donors (Lipinski definition) is 1. The number of anilines is 1. The van der Waals surface area contributed by atoms with E-state index >= 15 is 0 Å². The summed E-state index contributed by atoms with van der Waals surface area (Å²) < 4.78 is 6.04. The second kappa shape index (κ2) is 10.5. The highest BCUT2D eigenvalue weighted by atomic mass is 32.1. The lowest BCUT2D eigenvalue weighted by Crippen LogP contribution is -2.35. The van der Waals surface area contributed by atoms with Crippen LogP contribution < -0.4 is 4.90 Å². The number of likely N-dealkylation sites (tertiary alicyclic amines) is 1. The van der Waals surface area contributed by atoms with Crippen molar-refractivity contribution in [1.82, 2.24) is 20.0 Å². The van der Waals surface area contributed by atoms with Gasteiger partial charge in [0, 0.05) is 45.9 Å². The average molecular weight is 482 g/mol. The Bertz CT molecular complexity index is 1100. The Morgan fingerprint density at radius 1 is 1.15 bits per heavy atom. The Labute approximate surface area is 205 Å². The van der Waals surface area contributed by atoms with Gasteiger partial charge in [-0.15, -0.1) is 11.3 Å². The average Bonchev–Trinajstić information content (AvgIpc) is 3.59. The number of hydrogen-bond acceptors (Lipinski definition) is 6. The van der Waals surface area contributed by atoms with Crippen LogP contribution in [0, 0.1) is 5.92 Å². The van der Waals surface area contributed by atoms with Gasteiger partial charge < -0.3 is 19.4 Å². The van der Waals surface area contributed by atoms with E-state index in [9.17, 15) is 4.79 Å². The number of nitrogens with zero attached hydrogens (tertiary/aromatic N) is 4. The third kappa shape index (κ3) is 4.85. The maximum Gasteiger partial charge on any atom is 0.264 e. The van der Waals surface area contributed by atoms with Gasteiger partial charge in [-0.25, -0.2) is 0 Å². The molecule has 2 aliphatic heterocycles. The largest absolute Gasteiger partial charge is 0.380 e. The third-order valence-electron chi connectivity index (χ3n) is 7.08. The third-order valence-corrected chi connectivity index (χ3v) is 8.16. The molecule has 0 spiro atoms. The first kappa shape index (κ1) is 23.3. The van der Waals surface area contributed by atoms with E-state index in [2.05, 4.69) is 27.0 Å². The predicted octanol–water partition coefficient (Wildman–Crippen LogP) is 4.32. The maximum absolute atomic E-state index is 13.0. The Morgan fingerprint density at radius 2 is 1.88 bits per heavy atom. The molecule has 2 saturated heterocycles. The van der Waals surface area contributed by atoms with E-state index in [1.54, 1.807) is 4.90 Å². The fourth-order valence-corrected chi connectivity index (χ4v) is 6.29. The van der Waals surface area contributed by atoms with Gasteiger partial charge in [0.05, 0.1) is 12.0 Å². The van der Waals surface area contributed by atoms with Crippen LogP contribution in [0.5, 0.6) is 0 Å². The highest BCUT2D eigenvalue weighted by Crippen LogP contribution is 2.43. The zero-order valence-corrected chi connectivity index (χ0v) is 21.1. The van der Waals surface area contributed by atoms with Crippen LogP contribution >= 0.6 is 11.3 Å². The minimum absolute atomic E-state index is 0.0317. The van der Waals surface area contributed by atoms with Crippen molar-refractivity contribution in [2.45, 2.75) is 25.7 Å². The smallest absolute Gasteiger partial charge is 0.264 e. The number of nitrogens with one attached hydrogen (secondary N) is 1. The lowest BCUT2D eigenvalue weighted by atomic mass is 9.97. The normalized spacial score (nSPS) is 17.6. The van der Waals surface area contributed by atoms with Gasteiger partial charge in [-0.1, -0.05) is 30.3 Å². The summed E-state index contributed by atoms with van der Waals surface area (Å²) in [5, 5.41) is 8.99. The Morgan fingerprint density at radius 3 is 2.59 bits per heavy atom. The van der Waals surface area contributed by atoms with Gasteiger partial charge in [0.25, 0.3) is 5.91 Å². The molecule has 2 aliphatic rings. The fourth-order valence-electron chi connectivity index (χ4n) is 5.11. The van der Waals surface area contributed by atoms with Crippen molar-refractivity contribution in [3.63, 3.8) is 0 Å². The maximum atomic E-state index is 13.0. The molecule has 0 bridgehead atoms. The Hall–Kier alpha value is -2.42. The molecule has 1 aromatic carbocycles. The van der Waals surface area contributed by atoms with E-state index in [-0.39, 0.29) is 5.91 Å². The fraction of sp³-hybridized carbons (Fsp3) is 0.538. The minimum atomic E-state index is 0.0317. The summed E-state index contributed by atoms with van der Waals surface area (Å²) >= 11 is 1.50. The van der Waals surface area contributed by atoms with Crippen molar-refractivity contribution in [3.05, 3.63) is 35.2 Å². The Kier molecular flexibility index (Phi) is 7.18. The number of thiophene rings is 1. The van der Waals surface area contributed by atoms with Crippen LogP contribution in [0.3, 0.4) is 0 Å². The van der Waals surface area contributed by atoms with Crippen molar-refractivity contribution in [2.75, 3.05) is 64.9 Å². The summed E-state index contributed by atoms with van der Waals surface area (Å²) in [5.41, 5.74) is 2.05. The van der Waals surface area contributed by atoms with Crippen molar-refractivity contribution in [2.24, 2.45) is 5.92 Å². The Balaban J connectivity index is 1.29. The van der Waals surface area contributed by atoms with Gasteiger partial charge in [0.15, 0.2) is 5.82 Å². The number of amides is 1. The summed E-state index contributed by atoms with van der Waals surface area (Å²) in [5.74, 6) is 1.60. The number of carbonyl (C=O) groups is 1. The number of rotatable bonds is 8. The lowest BCUT2D eigenvalue weighted by molar-refractivity contribution is 0.0753. The molecule has 0 aliphatic carbocycles. The standard InChI is InChI=1S/C26H35N5O2S/c1-29(2)26(32)23-21(20-8-4-3-5-9-20)22-24(27-28-25(22)34-23)31-14-10-19(11-15-31)18-33-17-16-30-12-6-7-13-30/h3-5,8-9,19H,6-7,10-18H2,1-2H3,(H,27,28). The predicted molar refractivity (Wildman–Crippen MR) is 139 cm³/mol. The first-order chi connectivity index (χ1) is 16.6. The van der Waals surface area contributed by atoms with Gasteiger partial charge in [-0.2, -0.15) is 5.10 Å². The van der Waals surface area contributed by atoms with Crippen molar-refractivity contribution in [1.29, 1.82) is 0 Å². The number of aromatic amines is 1. The van der Waals surface area contributed by atoms with Crippen molar-refractivity contribution < 1.29 is 9.53 Å². The van der Waals surface area contributed by atoms with Crippen LogP contribution in [0.4, 0.5) is 5.82 Å². The molecule has 3 aromatic rings. The summed E-state index contributed by atoms with van der Waals surface area (Å²) in [7, 11) is 3.62. The molecular formula is C26H35N5O2S. The molecule has 34 heavy (non-hydrogen) atoms. The highest BCUT2D eigenvalue weighted by Gasteiger charge is 2.29. The minimum Gasteiger partial charge on any atom is -0.380 e. The second-order valence-corrected chi connectivity index (χ2v) is 10.7. The zero-order valence-electron chi connectivity index (χ0n) is 20.3. The summed E-state index contributed by atoms with van der Waals surface area (Å²) in [6.45, 7) is 7.15. The van der Waals surface area contributed by atoms with E-state index in [0.29, 0.717) is 5.92 Å². The topological polar surface area (TPSA) is 64.7 Å². The SMILES string of the molecule is CN(C)C(=O)c1sc2[nH]nc(N3CCC(COCCN4CCCC4)CC3)c2c1-c1ccccc1. The number of fused-ring (bicyclic) bond motifs is 1. The van der Waals surface area contributed by atoms with Gasteiger partial charge in [0.1, 0.15) is 9.71 Å². The molecule has 2 aromatic heterocycles. The van der Waals surface area contributed by atoms with E-state index in [1.165, 1.54) is 37.3 Å². The van der Waals surface area contributed by atoms with E-state index in [0.717, 1.165) is 77.7 Å². The van der Waals surface area contributed by atoms with Gasteiger partial charge in [0.2, 0.25) is 0 Å². The summed E-state index contributed by atoms with van der Waals surface area (Å²) in [6, 6.07) is 10.2. The highest BCUT2D eigenvalue weighted by molar-refractivity contribution is 7.21. The number of aromatic nitrogens is 2. The molecular weight excluding hydrogens is 446 g/mol. The summed E-state index contributed by atoms with van der Waals surface area (Å²) in [6.07, 6.45) is 4.87. The molecule has 1 N–H and O–H groups in total. The van der Waals surface area contributed by atoms with E-state index in [4.69, 9.17) is 9.84 Å². The molecule has 0 saturated carbocycles. The van der Waals surface area contributed by atoms with Crippen molar-refractivity contribution >= 4 is 33.3 Å². The molecule has 1 amide bonds. The number of ether oxygens (including phenoxy) is 1.